The Labute approximate surface area is 204 Å². The minimum absolute atomic E-state index is 0.193. The predicted octanol–water partition coefficient (Wildman–Crippen LogP) is 4.90. The minimum atomic E-state index is -0.193. The molecule has 2 fully saturated rings. The maximum atomic E-state index is 12.7. The lowest BCUT2D eigenvalue weighted by Crippen LogP contribution is -2.42. The Hall–Kier alpha value is -4.01. The fraction of sp³-hybridized carbons (Fsp3) is 0.346. The van der Waals surface area contributed by atoms with Gasteiger partial charge in [0.05, 0.1) is 19.5 Å². The molecule has 1 aliphatic carbocycles. The van der Waals surface area contributed by atoms with Gasteiger partial charge in [-0.05, 0) is 54.4 Å². The molecule has 1 aliphatic heterocycles. The van der Waals surface area contributed by atoms with Crippen molar-refractivity contribution in [3.63, 3.8) is 0 Å². The lowest BCUT2D eigenvalue weighted by Gasteiger charge is -2.33. The second-order valence-electron chi connectivity index (χ2n) is 8.94. The highest BCUT2D eigenvalue weighted by molar-refractivity contribution is 5.88. The van der Waals surface area contributed by atoms with Gasteiger partial charge in [0.25, 0.3) is 0 Å². The van der Waals surface area contributed by atoms with Gasteiger partial charge in [-0.2, -0.15) is 4.98 Å². The number of ether oxygens (including phenoxy) is 2. The van der Waals surface area contributed by atoms with Crippen LogP contribution in [-0.4, -0.2) is 51.1 Å². The van der Waals surface area contributed by atoms with E-state index in [0.717, 1.165) is 12.0 Å². The first kappa shape index (κ1) is 22.8. The average Bonchev–Trinajstić information content (AvgIpc) is 3.72. The molecule has 5 rings (SSSR count). The smallest absolute Gasteiger partial charge is 0.323 e. The number of rotatable bonds is 6. The molecule has 3 aromatic rings. The minimum Gasteiger partial charge on any atom is -0.480 e. The van der Waals surface area contributed by atoms with Crippen LogP contribution >= 0.6 is 0 Å². The summed E-state index contributed by atoms with van der Waals surface area (Å²) in [5.41, 5.74) is 3.52. The molecule has 2 amide bonds. The molecule has 180 valence electrons. The Morgan fingerprint density at radius 2 is 2.00 bits per heavy atom. The summed E-state index contributed by atoms with van der Waals surface area (Å²) in [5.74, 6) is 2.25. The normalized spacial score (nSPS) is 18.9. The van der Waals surface area contributed by atoms with E-state index in [1.54, 1.807) is 4.90 Å². The Balaban J connectivity index is 1.20. The molecule has 1 saturated heterocycles. The number of hydrogen-bond donors (Lipinski definition) is 1. The van der Waals surface area contributed by atoms with Crippen molar-refractivity contribution >= 4 is 17.9 Å². The van der Waals surface area contributed by atoms with Crippen molar-refractivity contribution in [1.82, 2.24) is 24.8 Å². The molecule has 1 N–H and O–H groups in total. The van der Waals surface area contributed by atoms with Crippen LogP contribution in [-0.2, 0) is 0 Å². The Kier molecular flexibility index (Phi) is 6.56. The molecule has 1 atom stereocenters. The highest BCUT2D eigenvalue weighted by atomic mass is 16.5. The van der Waals surface area contributed by atoms with Crippen molar-refractivity contribution in [1.29, 1.82) is 0 Å². The topological polar surface area (TPSA) is 102 Å². The van der Waals surface area contributed by atoms with Crippen LogP contribution in [0.5, 0.6) is 17.6 Å². The molecule has 3 heterocycles. The van der Waals surface area contributed by atoms with Crippen LogP contribution in [0, 0.1) is 5.92 Å². The third-order valence-electron chi connectivity index (χ3n) is 6.26. The summed E-state index contributed by atoms with van der Waals surface area (Å²) in [4.78, 5) is 31.4. The summed E-state index contributed by atoms with van der Waals surface area (Å²) >= 11 is 0. The summed E-state index contributed by atoms with van der Waals surface area (Å²) in [5, 5.41) is 2.80. The summed E-state index contributed by atoms with van der Waals surface area (Å²) in [6, 6.07) is 8.05. The summed E-state index contributed by atoms with van der Waals surface area (Å²) in [6.07, 6.45) is 12.1. The van der Waals surface area contributed by atoms with E-state index in [-0.39, 0.29) is 11.9 Å². The zero-order chi connectivity index (χ0) is 24.2. The first-order valence-electron chi connectivity index (χ1n) is 11.8. The van der Waals surface area contributed by atoms with Gasteiger partial charge in [-0.25, -0.2) is 14.8 Å². The SMILES string of the molecule is COc1cncc(NC(=O)N2CCC(=Cc3cccc(Oc4ncc(C5CC5)cn4)c3)C(C)C2)n1. The number of anilines is 1. The first-order valence-corrected chi connectivity index (χ1v) is 11.8. The summed E-state index contributed by atoms with van der Waals surface area (Å²) < 4.78 is 10.9. The molecule has 9 heteroatoms. The maximum Gasteiger partial charge on any atom is 0.323 e. The molecular formula is C26H28N6O3. The van der Waals surface area contributed by atoms with Gasteiger partial charge in [-0.15, -0.1) is 0 Å². The fourth-order valence-electron chi connectivity index (χ4n) is 4.14. The van der Waals surface area contributed by atoms with Gasteiger partial charge < -0.3 is 14.4 Å². The lowest BCUT2D eigenvalue weighted by atomic mass is 9.91. The van der Waals surface area contributed by atoms with Gasteiger partial charge in [-0.1, -0.05) is 30.7 Å². The van der Waals surface area contributed by atoms with Gasteiger partial charge in [-0.3, -0.25) is 10.3 Å². The average molecular weight is 473 g/mol. The number of likely N-dealkylation sites (tertiary alicyclic amines) is 1. The Morgan fingerprint density at radius 1 is 1.17 bits per heavy atom. The molecular weight excluding hydrogens is 444 g/mol. The van der Waals surface area contributed by atoms with E-state index in [0.29, 0.717) is 42.5 Å². The second kappa shape index (κ2) is 10.1. The van der Waals surface area contributed by atoms with E-state index in [1.807, 2.05) is 36.7 Å². The van der Waals surface area contributed by atoms with Gasteiger partial charge in [0, 0.05) is 25.5 Å². The Bertz CT molecular complexity index is 1230. The number of nitrogens with zero attached hydrogens (tertiary/aromatic N) is 5. The monoisotopic (exact) mass is 472 g/mol. The lowest BCUT2D eigenvalue weighted by molar-refractivity contribution is 0.197. The molecule has 0 radical (unpaired) electrons. The van der Waals surface area contributed by atoms with Crippen LogP contribution < -0.4 is 14.8 Å². The maximum absolute atomic E-state index is 12.7. The molecule has 0 spiro atoms. The standard InChI is InChI=1S/C26H28N6O3/c1-17-16-32(26(33)31-23-14-27-15-24(30-23)34-2)9-8-20(17)10-18-4-3-5-22(11-18)35-25-28-12-21(13-29-25)19-6-7-19/h3-5,10-15,17,19H,6-9,16H2,1-2H3,(H,30,31,33). The van der Waals surface area contributed by atoms with Crippen molar-refractivity contribution in [2.24, 2.45) is 5.92 Å². The van der Waals surface area contributed by atoms with Crippen molar-refractivity contribution in [2.45, 2.75) is 32.1 Å². The van der Waals surface area contributed by atoms with Crippen LogP contribution in [0.25, 0.3) is 6.08 Å². The second-order valence-corrected chi connectivity index (χ2v) is 8.94. The molecule has 2 aliphatic rings. The van der Waals surface area contributed by atoms with E-state index < -0.39 is 0 Å². The third kappa shape index (κ3) is 5.74. The van der Waals surface area contributed by atoms with E-state index in [4.69, 9.17) is 9.47 Å². The van der Waals surface area contributed by atoms with Gasteiger partial charge in [0.1, 0.15) is 5.75 Å². The number of carbonyl (C=O) groups excluding carboxylic acids is 1. The molecule has 1 saturated carbocycles. The zero-order valence-electron chi connectivity index (χ0n) is 19.8. The highest BCUT2D eigenvalue weighted by Gasteiger charge is 2.25. The fourth-order valence-corrected chi connectivity index (χ4v) is 4.14. The number of hydrogen-bond acceptors (Lipinski definition) is 7. The molecule has 0 bridgehead atoms. The summed E-state index contributed by atoms with van der Waals surface area (Å²) in [6.45, 7) is 3.37. The largest absolute Gasteiger partial charge is 0.480 e. The molecule has 1 aromatic carbocycles. The van der Waals surface area contributed by atoms with Crippen molar-refractivity contribution in [3.8, 4) is 17.6 Å². The van der Waals surface area contributed by atoms with E-state index >= 15 is 0 Å². The summed E-state index contributed by atoms with van der Waals surface area (Å²) in [7, 11) is 1.51. The number of amides is 2. The van der Waals surface area contributed by atoms with Gasteiger partial charge >= 0.3 is 12.0 Å². The quantitative estimate of drug-likeness (QED) is 0.544. The number of piperidine rings is 1. The van der Waals surface area contributed by atoms with Crippen LogP contribution in [0.1, 0.15) is 43.2 Å². The number of methoxy groups -OCH3 is 1. The number of benzene rings is 1. The van der Waals surface area contributed by atoms with E-state index in [1.165, 1.54) is 43.5 Å². The number of carbonyl (C=O) groups is 1. The van der Waals surface area contributed by atoms with Gasteiger partial charge in [0.2, 0.25) is 5.88 Å². The first-order chi connectivity index (χ1) is 17.1. The number of aromatic nitrogens is 4. The zero-order valence-corrected chi connectivity index (χ0v) is 19.8. The van der Waals surface area contributed by atoms with E-state index in [9.17, 15) is 4.79 Å². The molecule has 9 nitrogen and oxygen atoms in total. The third-order valence-corrected chi connectivity index (χ3v) is 6.26. The van der Waals surface area contributed by atoms with Crippen LogP contribution in [0.2, 0.25) is 0 Å². The molecule has 2 aromatic heterocycles. The molecule has 35 heavy (non-hydrogen) atoms. The van der Waals surface area contributed by atoms with Crippen molar-refractivity contribution in [3.05, 3.63) is 65.8 Å². The molecule has 1 unspecified atom stereocenters. The predicted molar refractivity (Wildman–Crippen MR) is 131 cm³/mol. The number of nitrogens with one attached hydrogen (secondary N) is 1. The number of urea groups is 1. The van der Waals surface area contributed by atoms with Gasteiger partial charge in [0.15, 0.2) is 5.82 Å². The van der Waals surface area contributed by atoms with E-state index in [2.05, 4.69) is 38.3 Å². The van der Waals surface area contributed by atoms with Crippen LogP contribution in [0.3, 0.4) is 0 Å². The van der Waals surface area contributed by atoms with Crippen LogP contribution in [0.4, 0.5) is 10.6 Å². The van der Waals surface area contributed by atoms with Crippen molar-refractivity contribution < 1.29 is 14.3 Å². The van der Waals surface area contributed by atoms with Crippen molar-refractivity contribution in [2.75, 3.05) is 25.5 Å². The highest BCUT2D eigenvalue weighted by Crippen LogP contribution is 2.39. The van der Waals surface area contributed by atoms with Crippen LogP contribution in [0.15, 0.2) is 54.6 Å². The Morgan fingerprint density at radius 3 is 2.74 bits per heavy atom.